The van der Waals surface area contributed by atoms with Gasteiger partial charge >= 0.3 is 6.03 Å². The minimum Gasteiger partial charge on any atom is -0.352 e. The molecule has 0 bridgehead atoms. The fourth-order valence-electron chi connectivity index (χ4n) is 2.94. The third kappa shape index (κ3) is 4.58. The molecule has 0 spiro atoms. The van der Waals surface area contributed by atoms with Crippen molar-refractivity contribution < 1.29 is 9.59 Å². The average Bonchev–Trinajstić information content (AvgIpc) is 2.45. The zero-order valence-electron chi connectivity index (χ0n) is 13.9. The molecule has 3 amide bonds. The first kappa shape index (κ1) is 17.1. The van der Waals surface area contributed by atoms with E-state index in [9.17, 15) is 14.4 Å². The predicted octanol–water partition coefficient (Wildman–Crippen LogP) is 0.802. The molecule has 3 N–H and O–H groups in total. The number of aromatic amines is 1. The van der Waals surface area contributed by atoms with E-state index >= 15 is 0 Å². The van der Waals surface area contributed by atoms with E-state index in [4.69, 9.17) is 0 Å². The summed E-state index contributed by atoms with van der Waals surface area (Å²) in [6.45, 7) is 6.51. The van der Waals surface area contributed by atoms with Crippen LogP contribution in [0.25, 0.3) is 0 Å². The van der Waals surface area contributed by atoms with Crippen LogP contribution in [0.3, 0.4) is 0 Å². The normalized spacial score (nSPS) is 17.7. The SMILES string of the molecule is CC(=O)N[C@@H]1CCCN(C(=O)NCc2c(C)cc(C)[nH]c2=O)C1. The van der Waals surface area contributed by atoms with E-state index in [-0.39, 0.29) is 30.1 Å². The molecule has 1 aliphatic rings. The lowest BCUT2D eigenvalue weighted by Crippen LogP contribution is -2.52. The van der Waals surface area contributed by atoms with Gasteiger partial charge in [-0.2, -0.15) is 0 Å². The van der Waals surface area contributed by atoms with Crippen molar-refractivity contribution in [3.05, 3.63) is 33.2 Å². The zero-order chi connectivity index (χ0) is 17.0. The largest absolute Gasteiger partial charge is 0.352 e. The van der Waals surface area contributed by atoms with Crippen LogP contribution < -0.4 is 16.2 Å². The number of urea groups is 1. The first-order chi connectivity index (χ1) is 10.9. The second kappa shape index (κ2) is 7.30. The van der Waals surface area contributed by atoms with Crippen LogP contribution in [-0.2, 0) is 11.3 Å². The van der Waals surface area contributed by atoms with Gasteiger partial charge in [-0.15, -0.1) is 0 Å². The minimum absolute atomic E-state index is 0.00323. The molecule has 2 heterocycles. The van der Waals surface area contributed by atoms with Crippen molar-refractivity contribution in [1.82, 2.24) is 20.5 Å². The number of carbonyl (C=O) groups excluding carboxylic acids is 2. The molecule has 0 saturated carbocycles. The molecule has 1 atom stereocenters. The number of aryl methyl sites for hydroxylation is 2. The second-order valence-electron chi connectivity index (χ2n) is 6.09. The lowest BCUT2D eigenvalue weighted by Gasteiger charge is -2.33. The molecule has 0 aromatic carbocycles. The number of H-pyrrole nitrogens is 1. The summed E-state index contributed by atoms with van der Waals surface area (Å²) in [6.07, 6.45) is 1.72. The highest BCUT2D eigenvalue weighted by atomic mass is 16.2. The highest BCUT2D eigenvalue weighted by Gasteiger charge is 2.24. The summed E-state index contributed by atoms with van der Waals surface area (Å²) in [4.78, 5) is 39.8. The molecule has 0 radical (unpaired) electrons. The molecule has 1 aromatic heterocycles. The summed E-state index contributed by atoms with van der Waals surface area (Å²) in [5.74, 6) is -0.0842. The summed E-state index contributed by atoms with van der Waals surface area (Å²) in [5, 5.41) is 5.65. The van der Waals surface area contributed by atoms with E-state index in [0.29, 0.717) is 18.7 Å². The maximum absolute atomic E-state index is 12.3. The number of pyridine rings is 1. The molecular weight excluding hydrogens is 296 g/mol. The maximum Gasteiger partial charge on any atom is 0.317 e. The standard InChI is InChI=1S/C16H24N4O3/c1-10-7-11(2)18-15(22)14(10)8-17-16(23)20-6-4-5-13(9-20)19-12(3)21/h7,13H,4-6,8-9H2,1-3H3,(H,17,23)(H,18,22)(H,19,21)/t13-/m1/s1. The number of amides is 3. The Hall–Kier alpha value is -2.31. The average molecular weight is 320 g/mol. The van der Waals surface area contributed by atoms with Gasteiger partial charge in [0.05, 0.1) is 6.54 Å². The summed E-state index contributed by atoms with van der Waals surface area (Å²) in [5.41, 5.74) is 2.06. The number of aromatic nitrogens is 1. The number of nitrogens with one attached hydrogen (secondary N) is 3. The Kier molecular flexibility index (Phi) is 5.41. The van der Waals surface area contributed by atoms with E-state index < -0.39 is 0 Å². The van der Waals surface area contributed by atoms with Crippen molar-refractivity contribution in [2.45, 2.75) is 46.2 Å². The number of piperidine rings is 1. The molecule has 0 aliphatic carbocycles. The number of hydrogen-bond acceptors (Lipinski definition) is 3. The van der Waals surface area contributed by atoms with Crippen LogP contribution in [0.5, 0.6) is 0 Å². The van der Waals surface area contributed by atoms with Crippen LogP contribution in [0.15, 0.2) is 10.9 Å². The molecule has 0 unspecified atom stereocenters. The van der Waals surface area contributed by atoms with Crippen LogP contribution in [-0.4, -0.2) is 41.0 Å². The molecule has 2 rings (SSSR count). The van der Waals surface area contributed by atoms with Gasteiger partial charge in [-0.3, -0.25) is 9.59 Å². The predicted molar refractivity (Wildman–Crippen MR) is 87.2 cm³/mol. The molecule has 7 heteroatoms. The van der Waals surface area contributed by atoms with E-state index in [2.05, 4.69) is 15.6 Å². The van der Waals surface area contributed by atoms with Crippen molar-refractivity contribution >= 4 is 11.9 Å². The van der Waals surface area contributed by atoms with E-state index in [1.807, 2.05) is 19.9 Å². The van der Waals surface area contributed by atoms with E-state index in [0.717, 1.165) is 24.1 Å². The molecule has 7 nitrogen and oxygen atoms in total. The smallest absolute Gasteiger partial charge is 0.317 e. The van der Waals surface area contributed by atoms with Crippen molar-refractivity contribution in [2.75, 3.05) is 13.1 Å². The van der Waals surface area contributed by atoms with Crippen molar-refractivity contribution in [3.63, 3.8) is 0 Å². The van der Waals surface area contributed by atoms with Crippen LogP contribution in [0, 0.1) is 13.8 Å². The zero-order valence-corrected chi connectivity index (χ0v) is 13.9. The Labute approximate surface area is 135 Å². The molecule has 23 heavy (non-hydrogen) atoms. The summed E-state index contributed by atoms with van der Waals surface area (Å²) >= 11 is 0. The van der Waals surface area contributed by atoms with Crippen LogP contribution in [0.2, 0.25) is 0 Å². The van der Waals surface area contributed by atoms with E-state index in [1.54, 1.807) is 4.90 Å². The Morgan fingerprint density at radius 1 is 1.39 bits per heavy atom. The van der Waals surface area contributed by atoms with Gasteiger partial charge in [0.2, 0.25) is 5.91 Å². The fourth-order valence-corrected chi connectivity index (χ4v) is 2.94. The van der Waals surface area contributed by atoms with Gasteiger partial charge in [0.15, 0.2) is 0 Å². The Balaban J connectivity index is 1.94. The Morgan fingerprint density at radius 2 is 2.13 bits per heavy atom. The lowest BCUT2D eigenvalue weighted by molar-refractivity contribution is -0.119. The number of hydrogen-bond donors (Lipinski definition) is 3. The van der Waals surface area contributed by atoms with Gasteiger partial charge in [-0.25, -0.2) is 4.79 Å². The minimum atomic E-state index is -0.209. The first-order valence-electron chi connectivity index (χ1n) is 7.86. The fraction of sp³-hybridized carbons (Fsp3) is 0.562. The third-order valence-electron chi connectivity index (χ3n) is 4.03. The molecule has 1 fully saturated rings. The topological polar surface area (TPSA) is 94.3 Å². The number of nitrogens with zero attached hydrogens (tertiary/aromatic N) is 1. The molecule has 126 valence electrons. The van der Waals surface area contributed by atoms with Crippen LogP contribution in [0.1, 0.15) is 36.6 Å². The van der Waals surface area contributed by atoms with Gasteiger partial charge < -0.3 is 20.5 Å². The highest BCUT2D eigenvalue weighted by molar-refractivity contribution is 5.75. The van der Waals surface area contributed by atoms with Gasteiger partial charge in [-0.1, -0.05) is 0 Å². The summed E-state index contributed by atoms with van der Waals surface area (Å²) in [6, 6.07) is 1.67. The molecular formula is C16H24N4O3. The molecule has 1 aromatic rings. The quantitative estimate of drug-likeness (QED) is 0.769. The Bertz CT molecular complexity index is 653. The van der Waals surface area contributed by atoms with Gasteiger partial charge in [0.1, 0.15) is 0 Å². The summed E-state index contributed by atoms with van der Waals surface area (Å²) in [7, 11) is 0. The molecule has 1 aliphatic heterocycles. The molecule has 1 saturated heterocycles. The maximum atomic E-state index is 12.3. The highest BCUT2D eigenvalue weighted by Crippen LogP contribution is 2.10. The monoisotopic (exact) mass is 320 g/mol. The number of likely N-dealkylation sites (tertiary alicyclic amines) is 1. The van der Waals surface area contributed by atoms with Gasteiger partial charge in [0, 0.05) is 37.3 Å². The lowest BCUT2D eigenvalue weighted by atomic mass is 10.1. The number of rotatable bonds is 3. The number of carbonyl (C=O) groups is 2. The van der Waals surface area contributed by atoms with E-state index in [1.165, 1.54) is 6.92 Å². The van der Waals surface area contributed by atoms with Crippen LogP contribution >= 0.6 is 0 Å². The first-order valence-corrected chi connectivity index (χ1v) is 7.86. The van der Waals surface area contributed by atoms with Crippen molar-refractivity contribution in [2.24, 2.45) is 0 Å². The van der Waals surface area contributed by atoms with Gasteiger partial charge in [0.25, 0.3) is 5.56 Å². The third-order valence-corrected chi connectivity index (χ3v) is 4.03. The van der Waals surface area contributed by atoms with Crippen molar-refractivity contribution in [3.8, 4) is 0 Å². The van der Waals surface area contributed by atoms with Gasteiger partial charge in [-0.05, 0) is 38.3 Å². The van der Waals surface area contributed by atoms with Crippen LogP contribution in [0.4, 0.5) is 4.79 Å². The Morgan fingerprint density at radius 3 is 2.78 bits per heavy atom. The second-order valence-corrected chi connectivity index (χ2v) is 6.09. The van der Waals surface area contributed by atoms with Crippen molar-refractivity contribution in [1.29, 1.82) is 0 Å². The summed E-state index contributed by atoms with van der Waals surface area (Å²) < 4.78 is 0.